The first-order valence-electron chi connectivity index (χ1n) is 6.26. The van der Waals surface area contributed by atoms with E-state index in [0.717, 1.165) is 18.5 Å². The van der Waals surface area contributed by atoms with Crippen molar-refractivity contribution in [1.29, 1.82) is 0 Å². The maximum absolute atomic E-state index is 10.9. The van der Waals surface area contributed by atoms with Crippen molar-refractivity contribution in [3.63, 3.8) is 0 Å². The molecule has 0 aliphatic carbocycles. The van der Waals surface area contributed by atoms with Crippen LogP contribution in [0.2, 0.25) is 0 Å². The quantitative estimate of drug-likeness (QED) is 0.472. The van der Waals surface area contributed by atoms with E-state index in [0.29, 0.717) is 13.2 Å². The maximum Gasteiger partial charge on any atom is 0.310 e. The van der Waals surface area contributed by atoms with Gasteiger partial charge in [0.05, 0.1) is 17.9 Å². The van der Waals surface area contributed by atoms with Crippen LogP contribution in [0.5, 0.6) is 5.75 Å². The van der Waals surface area contributed by atoms with Crippen molar-refractivity contribution in [2.45, 2.75) is 19.5 Å². The summed E-state index contributed by atoms with van der Waals surface area (Å²) in [6.45, 7) is 1.47. The molecule has 2 N–H and O–H groups in total. The highest BCUT2D eigenvalue weighted by Crippen LogP contribution is 2.27. The smallest absolute Gasteiger partial charge is 0.310 e. The number of benzene rings is 1. The predicted molar refractivity (Wildman–Crippen MR) is 73.3 cm³/mol. The summed E-state index contributed by atoms with van der Waals surface area (Å²) >= 11 is 0. The topological polar surface area (TPSA) is 96.2 Å². The highest BCUT2D eigenvalue weighted by atomic mass is 16.6. The van der Waals surface area contributed by atoms with E-state index in [1.54, 1.807) is 24.7 Å². The van der Waals surface area contributed by atoms with Gasteiger partial charge in [0.15, 0.2) is 5.75 Å². The normalized spacial score (nSPS) is 10.4. The van der Waals surface area contributed by atoms with Crippen molar-refractivity contribution in [2.24, 2.45) is 5.73 Å². The summed E-state index contributed by atoms with van der Waals surface area (Å²) in [5.41, 5.74) is 6.30. The summed E-state index contributed by atoms with van der Waals surface area (Å²) in [5.74, 6) is 0.267. The molecule has 7 nitrogen and oxygen atoms in total. The van der Waals surface area contributed by atoms with Crippen LogP contribution in [0.3, 0.4) is 0 Å². The van der Waals surface area contributed by atoms with Gasteiger partial charge >= 0.3 is 5.69 Å². The maximum atomic E-state index is 10.9. The Morgan fingerprint density at radius 3 is 2.95 bits per heavy atom. The molecule has 0 amide bonds. The molecule has 2 aromatic rings. The first-order valence-corrected chi connectivity index (χ1v) is 6.26. The van der Waals surface area contributed by atoms with E-state index in [1.165, 1.54) is 6.07 Å². The lowest BCUT2D eigenvalue weighted by Crippen LogP contribution is -2.05. The predicted octanol–water partition coefficient (Wildman–Crippen LogP) is 1.72. The zero-order chi connectivity index (χ0) is 14.4. The summed E-state index contributed by atoms with van der Waals surface area (Å²) in [6, 6.07) is 4.68. The lowest BCUT2D eigenvalue weighted by molar-refractivity contribution is -0.385. The zero-order valence-corrected chi connectivity index (χ0v) is 10.9. The van der Waals surface area contributed by atoms with Gasteiger partial charge in [-0.3, -0.25) is 10.1 Å². The lowest BCUT2D eigenvalue weighted by atomic mass is 10.2. The van der Waals surface area contributed by atoms with E-state index < -0.39 is 4.92 Å². The number of nitro benzene ring substituents is 1. The van der Waals surface area contributed by atoms with Crippen LogP contribution in [0.25, 0.3) is 0 Å². The van der Waals surface area contributed by atoms with Crippen LogP contribution < -0.4 is 10.5 Å². The molecule has 0 spiro atoms. The largest absolute Gasteiger partial charge is 0.487 e. The fourth-order valence-electron chi connectivity index (χ4n) is 1.80. The minimum Gasteiger partial charge on any atom is -0.487 e. The van der Waals surface area contributed by atoms with Crippen LogP contribution >= 0.6 is 0 Å². The number of nitrogens with zero attached hydrogens (tertiary/aromatic N) is 3. The molecule has 0 radical (unpaired) electrons. The highest BCUT2D eigenvalue weighted by molar-refractivity contribution is 5.48. The number of hydrogen-bond acceptors (Lipinski definition) is 5. The number of nitrogens with two attached hydrogens (primary N) is 1. The van der Waals surface area contributed by atoms with Crippen molar-refractivity contribution in [3.8, 4) is 5.75 Å². The Morgan fingerprint density at radius 1 is 1.45 bits per heavy atom. The fourth-order valence-corrected chi connectivity index (χ4v) is 1.80. The molecule has 1 aromatic heterocycles. The van der Waals surface area contributed by atoms with Gasteiger partial charge in [-0.05, 0) is 18.1 Å². The molecule has 1 heterocycles. The number of aromatic nitrogens is 2. The van der Waals surface area contributed by atoms with Gasteiger partial charge in [0.2, 0.25) is 0 Å². The fraction of sp³-hybridized carbons (Fsp3) is 0.308. The summed E-state index contributed by atoms with van der Waals surface area (Å²) in [5, 5.41) is 10.9. The first-order chi connectivity index (χ1) is 9.70. The molecular formula is C13H16N4O3. The molecule has 0 saturated heterocycles. The van der Waals surface area contributed by atoms with E-state index in [4.69, 9.17) is 10.5 Å². The third-order valence-corrected chi connectivity index (χ3v) is 2.83. The molecule has 0 unspecified atom stereocenters. The van der Waals surface area contributed by atoms with Crippen molar-refractivity contribution in [2.75, 3.05) is 6.61 Å². The van der Waals surface area contributed by atoms with Gasteiger partial charge in [0, 0.05) is 31.5 Å². The molecule has 106 valence electrons. The molecule has 0 atom stereocenters. The molecule has 20 heavy (non-hydrogen) atoms. The van der Waals surface area contributed by atoms with Crippen LogP contribution in [0.4, 0.5) is 5.69 Å². The number of aryl methyl sites for hydroxylation is 1. The summed E-state index contributed by atoms with van der Waals surface area (Å²) in [4.78, 5) is 14.4. The Balaban J connectivity index is 1.95. The highest BCUT2D eigenvalue weighted by Gasteiger charge is 2.15. The molecular weight excluding hydrogens is 260 g/mol. The Labute approximate surface area is 116 Å². The van der Waals surface area contributed by atoms with Crippen molar-refractivity contribution < 1.29 is 9.66 Å². The van der Waals surface area contributed by atoms with Gasteiger partial charge in [0.1, 0.15) is 0 Å². The number of hydrogen-bond donors (Lipinski definition) is 1. The third-order valence-electron chi connectivity index (χ3n) is 2.83. The number of nitro groups is 1. The summed E-state index contributed by atoms with van der Waals surface area (Å²) < 4.78 is 7.43. The number of rotatable bonds is 7. The Kier molecular flexibility index (Phi) is 4.67. The van der Waals surface area contributed by atoms with E-state index >= 15 is 0 Å². The van der Waals surface area contributed by atoms with E-state index in [9.17, 15) is 10.1 Å². The van der Waals surface area contributed by atoms with Gasteiger partial charge < -0.3 is 15.0 Å². The lowest BCUT2D eigenvalue weighted by Gasteiger charge is -2.08. The number of ether oxygens (including phenoxy) is 1. The summed E-state index contributed by atoms with van der Waals surface area (Å²) in [6.07, 6.45) is 6.02. The van der Waals surface area contributed by atoms with E-state index in [-0.39, 0.29) is 11.4 Å². The minimum atomic E-state index is -0.453. The van der Waals surface area contributed by atoms with Gasteiger partial charge in [-0.2, -0.15) is 0 Å². The van der Waals surface area contributed by atoms with E-state index in [2.05, 4.69) is 4.98 Å². The van der Waals surface area contributed by atoms with Crippen LogP contribution in [0, 0.1) is 10.1 Å². The summed E-state index contributed by atoms with van der Waals surface area (Å²) in [7, 11) is 0. The molecule has 0 bridgehead atoms. The van der Waals surface area contributed by atoms with Gasteiger partial charge in [-0.1, -0.05) is 6.07 Å². The zero-order valence-electron chi connectivity index (χ0n) is 10.9. The second-order valence-electron chi connectivity index (χ2n) is 4.27. The molecule has 0 fully saturated rings. The van der Waals surface area contributed by atoms with Gasteiger partial charge in [-0.15, -0.1) is 0 Å². The second-order valence-corrected chi connectivity index (χ2v) is 4.27. The van der Waals surface area contributed by atoms with Crippen LogP contribution in [0.15, 0.2) is 36.9 Å². The van der Waals surface area contributed by atoms with E-state index in [1.807, 2.05) is 10.8 Å². The van der Waals surface area contributed by atoms with Gasteiger partial charge in [-0.25, -0.2) is 4.98 Å². The van der Waals surface area contributed by atoms with Gasteiger partial charge in [0.25, 0.3) is 0 Å². The average Bonchev–Trinajstić information content (AvgIpc) is 2.96. The van der Waals surface area contributed by atoms with Crippen molar-refractivity contribution >= 4 is 5.69 Å². The van der Waals surface area contributed by atoms with Crippen LogP contribution in [-0.2, 0) is 13.1 Å². The third kappa shape index (κ3) is 3.55. The van der Waals surface area contributed by atoms with Crippen LogP contribution in [-0.4, -0.2) is 21.1 Å². The standard InChI is InChI=1S/C13H16N4O3/c14-9-11-2-3-12(17(18)19)13(8-11)20-7-1-5-16-6-4-15-10-16/h2-4,6,8,10H,1,5,7,9,14H2. The number of imidazole rings is 1. The molecule has 0 aliphatic heterocycles. The van der Waals surface area contributed by atoms with Crippen molar-refractivity contribution in [3.05, 3.63) is 52.6 Å². The SMILES string of the molecule is NCc1ccc([N+](=O)[O-])c(OCCCn2ccnc2)c1. The molecule has 0 aliphatic rings. The van der Waals surface area contributed by atoms with Crippen molar-refractivity contribution in [1.82, 2.24) is 9.55 Å². The Bertz CT molecular complexity index is 569. The minimum absolute atomic E-state index is 0.0372. The van der Waals surface area contributed by atoms with Crippen LogP contribution in [0.1, 0.15) is 12.0 Å². The average molecular weight is 276 g/mol. The monoisotopic (exact) mass is 276 g/mol. The first kappa shape index (κ1) is 14.0. The molecule has 7 heteroatoms. The molecule has 0 saturated carbocycles. The second kappa shape index (κ2) is 6.67. The Hall–Kier alpha value is -2.41. The Morgan fingerprint density at radius 2 is 2.30 bits per heavy atom. The molecule has 2 rings (SSSR count). The molecule has 1 aromatic carbocycles.